The van der Waals surface area contributed by atoms with Gasteiger partial charge in [-0.1, -0.05) is 83.1 Å². The van der Waals surface area contributed by atoms with E-state index in [2.05, 4.69) is 83.1 Å². The third-order valence-corrected chi connectivity index (χ3v) is 20.7. The molecule has 10 aliphatic rings. The number of fused-ring (bicyclic) bond motifs is 6. The molecule has 0 aromatic heterocycles. The van der Waals surface area contributed by atoms with Gasteiger partial charge < -0.3 is 0 Å². The van der Waals surface area contributed by atoms with E-state index in [9.17, 15) is 0 Å². The van der Waals surface area contributed by atoms with Crippen LogP contribution in [0.2, 0.25) is 0 Å². The van der Waals surface area contributed by atoms with E-state index in [-0.39, 0.29) is 0 Å². The van der Waals surface area contributed by atoms with Crippen molar-refractivity contribution in [1.29, 1.82) is 0 Å². The highest BCUT2D eigenvalue weighted by Crippen LogP contribution is 3.11. The van der Waals surface area contributed by atoms with Crippen molar-refractivity contribution < 1.29 is 0 Å². The Labute approximate surface area is 221 Å². The largest absolute Gasteiger partial charge is 0.0616 e. The number of hydrogen-bond acceptors (Lipinski definition) is 0. The average Bonchev–Trinajstić information content (AvgIpc) is 3.53. The van der Waals surface area contributed by atoms with Crippen molar-refractivity contribution in [2.24, 2.45) is 100 Å². The molecule has 6 unspecified atom stereocenters. The van der Waals surface area contributed by atoms with Gasteiger partial charge in [-0.05, 0) is 139 Å². The normalized spacial score (nSPS) is 81.7. The summed E-state index contributed by atoms with van der Waals surface area (Å²) in [5.74, 6) is 5.84. The SMILES string of the molecule is CC1C2C3C4C(C(C)[C@@]5(CC5(C)C)[C@]35C[C@]5(C)[C@@]3(C)C[C@@]23C)[C@@]2(C)C[C@@]2(C)[C@]2(C)C[C@@]42[C@]12CC2(C)C. The van der Waals surface area contributed by atoms with Gasteiger partial charge in [-0.15, -0.1) is 0 Å². The second-order valence-electron chi connectivity index (χ2n) is 20.6. The van der Waals surface area contributed by atoms with Crippen LogP contribution in [0, 0.1) is 100 Å². The zero-order chi connectivity index (χ0) is 25.7. The van der Waals surface area contributed by atoms with Crippen LogP contribution in [0.3, 0.4) is 0 Å². The number of rotatable bonds is 0. The summed E-state index contributed by atoms with van der Waals surface area (Å²) in [6.07, 6.45) is 9.35. The summed E-state index contributed by atoms with van der Waals surface area (Å²) in [6.45, 7) is 33.6. The monoisotopic (exact) mass is 486 g/mol. The maximum atomic E-state index is 2.86. The molecule has 4 spiro atoms. The first-order valence-electron chi connectivity index (χ1n) is 16.3. The van der Waals surface area contributed by atoms with E-state index < -0.39 is 0 Å². The van der Waals surface area contributed by atoms with E-state index in [1.165, 1.54) is 12.8 Å². The summed E-state index contributed by atoms with van der Waals surface area (Å²) in [7, 11) is 0. The smallest absolute Gasteiger partial charge is 0.0134 e. The van der Waals surface area contributed by atoms with Gasteiger partial charge in [0.1, 0.15) is 0 Å². The summed E-state index contributed by atoms with van der Waals surface area (Å²) in [4.78, 5) is 0. The van der Waals surface area contributed by atoms with Gasteiger partial charge in [-0.25, -0.2) is 0 Å². The van der Waals surface area contributed by atoms with E-state index in [0.717, 1.165) is 35.5 Å². The maximum Gasteiger partial charge on any atom is -0.0134 e. The van der Waals surface area contributed by atoms with Gasteiger partial charge in [0.2, 0.25) is 0 Å². The third-order valence-electron chi connectivity index (χ3n) is 20.7. The fraction of sp³-hybridized carbons (Fsp3) is 1.00. The minimum absolute atomic E-state index is 0.551. The standard InChI is InChI=1S/C36H54/c1-19-21-23-24-22(28(8)16-30(28,10)31(11)17-35(24,31)33(19)13-25(33,3)4)20(2)34(14-26(34,5)6)36(23)18-32(36,12)29(9)15-27(21,29)7/h19-24H,13-18H2,1-12H3/t19?,20?,21?,22?,23?,24?,27-,28+,29-,30+,31-,32+,33-,34-,35-,36-/m1/s1. The Morgan fingerprint density at radius 1 is 0.361 bits per heavy atom. The molecule has 0 aromatic carbocycles. The van der Waals surface area contributed by atoms with Crippen molar-refractivity contribution in [3.63, 3.8) is 0 Å². The zero-order valence-corrected chi connectivity index (χ0v) is 25.7. The molecule has 0 aromatic rings. The summed E-state index contributed by atoms with van der Waals surface area (Å²) in [6, 6.07) is 0. The molecule has 0 heteroatoms. The zero-order valence-electron chi connectivity index (χ0n) is 25.7. The Balaban J connectivity index is 1.33. The first kappa shape index (κ1) is 21.8. The van der Waals surface area contributed by atoms with Crippen LogP contribution in [0.25, 0.3) is 0 Å². The Bertz CT molecular complexity index is 1160. The van der Waals surface area contributed by atoms with E-state index in [1.807, 2.05) is 0 Å². The Hall–Kier alpha value is 0. The average molecular weight is 487 g/mol. The lowest BCUT2D eigenvalue weighted by Crippen LogP contribution is -2.70. The van der Waals surface area contributed by atoms with Crippen molar-refractivity contribution in [3.8, 4) is 0 Å². The molecule has 0 aliphatic heterocycles. The summed E-state index contributed by atoms with van der Waals surface area (Å²) in [5, 5.41) is 0. The molecule has 0 N–H and O–H groups in total. The molecule has 0 amide bonds. The fourth-order valence-corrected chi connectivity index (χ4v) is 19.3. The lowest BCUT2D eigenvalue weighted by molar-refractivity contribution is -0.268. The molecule has 36 heavy (non-hydrogen) atoms. The lowest BCUT2D eigenvalue weighted by atomic mass is 9.31. The highest BCUT2D eigenvalue weighted by atomic mass is 15.1. The second kappa shape index (κ2) is 4.39. The van der Waals surface area contributed by atoms with Crippen LogP contribution < -0.4 is 0 Å². The van der Waals surface area contributed by atoms with Crippen LogP contribution >= 0.6 is 0 Å². The molecular weight excluding hydrogens is 432 g/mol. The minimum Gasteiger partial charge on any atom is -0.0616 e. The molecule has 10 rings (SSSR count). The van der Waals surface area contributed by atoms with Gasteiger partial charge in [0.05, 0.1) is 0 Å². The predicted octanol–water partition coefficient (Wildman–Crippen LogP) is 9.24. The van der Waals surface area contributed by atoms with Crippen molar-refractivity contribution in [2.45, 2.75) is 122 Å². The van der Waals surface area contributed by atoms with Gasteiger partial charge in [-0.2, -0.15) is 0 Å². The van der Waals surface area contributed by atoms with Gasteiger partial charge in [-0.3, -0.25) is 0 Å². The quantitative estimate of drug-likeness (QED) is 0.320. The minimum atomic E-state index is 0.551. The Morgan fingerprint density at radius 3 is 0.944 bits per heavy atom. The molecule has 10 fully saturated rings. The summed E-state index contributed by atoms with van der Waals surface area (Å²) >= 11 is 0. The van der Waals surface area contributed by atoms with Crippen molar-refractivity contribution >= 4 is 0 Å². The summed E-state index contributed by atoms with van der Waals surface area (Å²) in [5.41, 5.74) is 7.21. The maximum absolute atomic E-state index is 2.86. The lowest BCUT2D eigenvalue weighted by Gasteiger charge is -2.73. The Kier molecular flexibility index (Phi) is 2.66. The predicted molar refractivity (Wildman–Crippen MR) is 146 cm³/mol. The molecule has 0 nitrogen and oxygen atoms in total. The van der Waals surface area contributed by atoms with E-state index in [0.29, 0.717) is 65.0 Å². The fourth-order valence-electron chi connectivity index (χ4n) is 19.3. The molecule has 0 saturated heterocycles. The molecular formula is C36H54. The molecule has 0 radical (unpaired) electrons. The first-order valence-corrected chi connectivity index (χ1v) is 16.3. The van der Waals surface area contributed by atoms with Gasteiger partial charge in [0.15, 0.2) is 0 Å². The first-order chi connectivity index (χ1) is 16.3. The molecule has 198 valence electrons. The van der Waals surface area contributed by atoms with Crippen molar-refractivity contribution in [1.82, 2.24) is 0 Å². The van der Waals surface area contributed by atoms with Crippen molar-refractivity contribution in [3.05, 3.63) is 0 Å². The molecule has 0 bridgehead atoms. The molecule has 10 aliphatic carbocycles. The second-order valence-corrected chi connectivity index (χ2v) is 20.6. The third kappa shape index (κ3) is 1.28. The van der Waals surface area contributed by atoms with Crippen LogP contribution in [0.4, 0.5) is 0 Å². The highest BCUT2D eigenvalue weighted by molar-refractivity contribution is 5.53. The highest BCUT2D eigenvalue weighted by Gasteiger charge is 3.06. The van der Waals surface area contributed by atoms with Crippen LogP contribution in [0.5, 0.6) is 0 Å². The van der Waals surface area contributed by atoms with Crippen LogP contribution in [-0.2, 0) is 0 Å². The molecule has 16 atom stereocenters. The van der Waals surface area contributed by atoms with Crippen molar-refractivity contribution in [2.75, 3.05) is 0 Å². The Morgan fingerprint density at radius 2 is 0.667 bits per heavy atom. The topological polar surface area (TPSA) is 0 Å². The van der Waals surface area contributed by atoms with Gasteiger partial charge in [0, 0.05) is 0 Å². The van der Waals surface area contributed by atoms with E-state index in [4.69, 9.17) is 0 Å². The van der Waals surface area contributed by atoms with Gasteiger partial charge >= 0.3 is 0 Å². The molecule has 10 saturated carbocycles. The van der Waals surface area contributed by atoms with E-state index in [1.54, 1.807) is 25.7 Å². The van der Waals surface area contributed by atoms with E-state index >= 15 is 0 Å². The van der Waals surface area contributed by atoms with Crippen LogP contribution in [0.1, 0.15) is 122 Å². The number of hydrogen-bond donors (Lipinski definition) is 0. The van der Waals surface area contributed by atoms with Crippen LogP contribution in [-0.4, -0.2) is 0 Å². The van der Waals surface area contributed by atoms with Crippen LogP contribution in [0.15, 0.2) is 0 Å². The summed E-state index contributed by atoms with van der Waals surface area (Å²) < 4.78 is 0. The molecule has 0 heterocycles. The van der Waals surface area contributed by atoms with Gasteiger partial charge in [0.25, 0.3) is 0 Å².